The predicted molar refractivity (Wildman–Crippen MR) is 204 cm³/mol. The van der Waals surface area contributed by atoms with Crippen LogP contribution in [-0.4, -0.2) is 17.5 Å². The number of aryl methyl sites for hydroxylation is 2. The van der Waals surface area contributed by atoms with Crippen molar-refractivity contribution in [2.75, 3.05) is 11.9 Å². The molecule has 0 radical (unpaired) electrons. The van der Waals surface area contributed by atoms with Crippen LogP contribution in [0, 0.1) is 0 Å². The topological polar surface area (TPSA) is 15.3 Å². The lowest BCUT2D eigenvalue weighted by molar-refractivity contribution is 0.262. The number of hydrogen-bond acceptors (Lipinski definition) is 2. The molecule has 0 aromatic heterocycles. The van der Waals surface area contributed by atoms with E-state index in [1.54, 1.807) is 0 Å². The van der Waals surface area contributed by atoms with Gasteiger partial charge in [-0.1, -0.05) is 147 Å². The second-order valence-corrected chi connectivity index (χ2v) is 11.8. The van der Waals surface area contributed by atoms with Gasteiger partial charge in [0.1, 0.15) is 0 Å². The Kier molecular flexibility index (Phi) is 11.8. The normalized spacial score (nSPS) is 14.5. The summed E-state index contributed by atoms with van der Waals surface area (Å²) in [6, 6.07) is 40.7. The summed E-state index contributed by atoms with van der Waals surface area (Å²) in [6.45, 7) is 15.6. The summed E-state index contributed by atoms with van der Waals surface area (Å²) >= 11 is 0. The second-order valence-electron chi connectivity index (χ2n) is 11.8. The zero-order chi connectivity index (χ0) is 32.8. The van der Waals surface area contributed by atoms with Crippen molar-refractivity contribution in [3.63, 3.8) is 0 Å². The van der Waals surface area contributed by atoms with Gasteiger partial charge in [0.05, 0.1) is 0 Å². The lowest BCUT2D eigenvalue weighted by atomic mass is 9.94. The molecule has 236 valence electrons. The Morgan fingerprint density at radius 2 is 1.30 bits per heavy atom. The van der Waals surface area contributed by atoms with Crippen molar-refractivity contribution >= 4 is 17.5 Å². The van der Waals surface area contributed by atoms with Crippen LogP contribution in [0.2, 0.25) is 0 Å². The third-order valence-corrected chi connectivity index (χ3v) is 8.91. The monoisotopic (exact) mass is 614 g/mol. The Bertz CT molecular complexity index is 1730. The zero-order valence-corrected chi connectivity index (χ0v) is 27.6. The minimum Gasteiger partial charge on any atom is -0.364 e. The number of allylic oxidation sites excluding steroid dienone is 7. The Morgan fingerprint density at radius 3 is 1.85 bits per heavy atom. The molecule has 0 saturated heterocycles. The molecule has 0 amide bonds. The molecular formula is C45H46N2. The highest BCUT2D eigenvalue weighted by molar-refractivity contribution is 5.74. The van der Waals surface area contributed by atoms with E-state index in [0.717, 1.165) is 66.0 Å². The summed E-state index contributed by atoms with van der Waals surface area (Å²) in [5.41, 5.74) is 11.8. The van der Waals surface area contributed by atoms with Crippen molar-refractivity contribution in [2.24, 2.45) is 0 Å². The van der Waals surface area contributed by atoms with E-state index < -0.39 is 0 Å². The van der Waals surface area contributed by atoms with Crippen LogP contribution in [-0.2, 0) is 12.8 Å². The molecule has 0 saturated carbocycles. The molecule has 4 aromatic carbocycles. The van der Waals surface area contributed by atoms with E-state index in [4.69, 9.17) is 0 Å². The van der Waals surface area contributed by atoms with Gasteiger partial charge in [-0.25, -0.2) is 0 Å². The van der Waals surface area contributed by atoms with Gasteiger partial charge in [0.15, 0.2) is 0 Å². The van der Waals surface area contributed by atoms with E-state index in [1.165, 1.54) is 22.3 Å². The molecule has 0 spiro atoms. The Labute approximate surface area is 282 Å². The largest absolute Gasteiger partial charge is 0.364 e. The number of anilines is 2. The Hall–Kier alpha value is -5.34. The quantitative estimate of drug-likeness (QED) is 0.134. The maximum absolute atomic E-state index is 4.37. The first kappa shape index (κ1) is 33.0. The molecule has 5 rings (SSSR count). The molecule has 0 atom stereocenters. The highest BCUT2D eigenvalue weighted by atomic mass is 15.2. The fraction of sp³-hybridized carbons (Fsp3) is 0.156. The van der Waals surface area contributed by atoms with Crippen molar-refractivity contribution in [2.45, 2.75) is 38.6 Å². The van der Waals surface area contributed by atoms with Crippen LogP contribution in [0.25, 0.3) is 6.08 Å². The lowest BCUT2D eigenvalue weighted by Gasteiger charge is -2.32. The van der Waals surface area contributed by atoms with E-state index >= 15 is 0 Å². The first-order chi connectivity index (χ1) is 23.1. The van der Waals surface area contributed by atoms with Crippen molar-refractivity contribution < 1.29 is 0 Å². The summed E-state index contributed by atoms with van der Waals surface area (Å²) in [6.07, 6.45) is 16.7. The number of para-hydroxylation sites is 2. The number of hydrogen-bond donors (Lipinski definition) is 1. The van der Waals surface area contributed by atoms with Crippen LogP contribution >= 0.6 is 0 Å². The van der Waals surface area contributed by atoms with Crippen molar-refractivity contribution in [3.8, 4) is 0 Å². The van der Waals surface area contributed by atoms with Crippen LogP contribution in [0.3, 0.4) is 0 Å². The average molecular weight is 615 g/mol. The lowest BCUT2D eigenvalue weighted by Crippen LogP contribution is -2.33. The maximum Gasteiger partial charge on any atom is 0.0457 e. The van der Waals surface area contributed by atoms with Gasteiger partial charge in [-0.05, 0) is 90.3 Å². The Balaban J connectivity index is 1.57. The van der Waals surface area contributed by atoms with Gasteiger partial charge in [0.25, 0.3) is 0 Å². The SMILES string of the molecule is C=CC(=CC)C(C=C)=C1CN(C(CCc2ccccc2)CCc2ccccc2)C(C=C)=C1C=Cc1ccccc1Nc1ccccc1. The van der Waals surface area contributed by atoms with Gasteiger partial charge in [-0.2, -0.15) is 0 Å². The van der Waals surface area contributed by atoms with Gasteiger partial charge < -0.3 is 10.2 Å². The molecule has 0 bridgehead atoms. The molecule has 0 fully saturated rings. The fourth-order valence-electron chi connectivity index (χ4n) is 6.44. The number of rotatable bonds is 15. The van der Waals surface area contributed by atoms with Crippen LogP contribution < -0.4 is 5.32 Å². The molecule has 1 aliphatic heterocycles. The van der Waals surface area contributed by atoms with E-state index in [2.05, 4.69) is 152 Å². The zero-order valence-electron chi connectivity index (χ0n) is 27.6. The molecule has 1 aliphatic rings. The number of nitrogens with zero attached hydrogens (tertiary/aromatic N) is 1. The molecule has 4 aromatic rings. The van der Waals surface area contributed by atoms with Gasteiger partial charge in [0.2, 0.25) is 0 Å². The second kappa shape index (κ2) is 16.8. The van der Waals surface area contributed by atoms with Gasteiger partial charge in [0, 0.05) is 35.2 Å². The van der Waals surface area contributed by atoms with Crippen LogP contribution in [0.5, 0.6) is 0 Å². The van der Waals surface area contributed by atoms with E-state index in [9.17, 15) is 0 Å². The van der Waals surface area contributed by atoms with Crippen LogP contribution in [0.4, 0.5) is 11.4 Å². The van der Waals surface area contributed by atoms with Gasteiger partial charge >= 0.3 is 0 Å². The minimum atomic E-state index is 0.320. The predicted octanol–water partition coefficient (Wildman–Crippen LogP) is 11.4. The summed E-state index contributed by atoms with van der Waals surface area (Å²) in [5.74, 6) is 0. The van der Waals surface area contributed by atoms with Crippen molar-refractivity contribution in [1.82, 2.24) is 4.90 Å². The molecular weight excluding hydrogens is 569 g/mol. The molecule has 47 heavy (non-hydrogen) atoms. The molecule has 1 heterocycles. The molecule has 0 aliphatic carbocycles. The number of benzene rings is 4. The first-order valence-corrected chi connectivity index (χ1v) is 16.6. The minimum absolute atomic E-state index is 0.320. The van der Waals surface area contributed by atoms with Gasteiger partial charge in [-0.15, -0.1) is 0 Å². The van der Waals surface area contributed by atoms with Crippen LogP contribution in [0.1, 0.15) is 36.5 Å². The highest BCUT2D eigenvalue weighted by Gasteiger charge is 2.31. The molecule has 0 unspecified atom stereocenters. The molecule has 2 nitrogen and oxygen atoms in total. The summed E-state index contributed by atoms with van der Waals surface area (Å²) in [4.78, 5) is 2.59. The van der Waals surface area contributed by atoms with E-state index in [1.807, 2.05) is 36.4 Å². The van der Waals surface area contributed by atoms with Gasteiger partial charge in [-0.3, -0.25) is 0 Å². The third kappa shape index (κ3) is 8.48. The average Bonchev–Trinajstić information content (AvgIpc) is 3.49. The smallest absolute Gasteiger partial charge is 0.0457 e. The van der Waals surface area contributed by atoms with E-state index in [0.29, 0.717) is 6.04 Å². The fourth-order valence-corrected chi connectivity index (χ4v) is 6.44. The number of nitrogens with one attached hydrogen (secondary N) is 1. The van der Waals surface area contributed by atoms with Crippen molar-refractivity contribution in [3.05, 3.63) is 210 Å². The molecule has 1 N–H and O–H groups in total. The Morgan fingerprint density at radius 1 is 0.723 bits per heavy atom. The summed E-state index contributed by atoms with van der Waals surface area (Å²) in [5, 5.41) is 3.60. The maximum atomic E-state index is 4.37. The molecule has 2 heteroatoms. The summed E-state index contributed by atoms with van der Waals surface area (Å²) < 4.78 is 0. The third-order valence-electron chi connectivity index (χ3n) is 8.91. The van der Waals surface area contributed by atoms with Crippen molar-refractivity contribution in [1.29, 1.82) is 0 Å². The highest BCUT2D eigenvalue weighted by Crippen LogP contribution is 2.38. The summed E-state index contributed by atoms with van der Waals surface area (Å²) in [7, 11) is 0. The standard InChI is InChI=1S/C45H46N2/c1-5-37(6-2)41(7-3)43-34-47(40(31-28-35-20-12-9-13-21-35)32-29-36-22-14-10-15-23-36)45(8-4)42(43)33-30-38-24-18-19-27-44(38)46-39-25-16-11-17-26-39/h5-27,30,33,40,46H,1,3-4,28-29,31-32,34H2,2H3. The first-order valence-electron chi connectivity index (χ1n) is 16.6. The van der Waals surface area contributed by atoms with Crippen LogP contribution in [0.15, 0.2) is 193 Å². The van der Waals surface area contributed by atoms with E-state index in [-0.39, 0.29) is 0 Å².